The van der Waals surface area contributed by atoms with Crippen LogP contribution in [-0.2, 0) is 19.5 Å². The molecule has 0 aliphatic heterocycles. The molecule has 110 heavy (non-hydrogen) atoms. The largest absolute Gasteiger partial charge is 1.00 e. The zero-order valence-electron chi connectivity index (χ0n) is 57.4. The number of para-hydroxylation sites is 3. The van der Waals surface area contributed by atoms with E-state index in [1.807, 2.05) is 49.7 Å². The molecule has 12 rings (SSSR count). The van der Waals surface area contributed by atoms with Crippen LogP contribution >= 0.6 is 116 Å². The number of hydrogen-bond donors (Lipinski definition) is 8. The Kier molecular flexibility index (Phi) is 47.3. The number of nitriles is 1. The van der Waals surface area contributed by atoms with Crippen LogP contribution in [0.1, 0.15) is 45.4 Å². The predicted molar refractivity (Wildman–Crippen MR) is 394 cm³/mol. The third-order valence-electron chi connectivity index (χ3n) is 11.4. The molecule has 574 valence electrons. The Labute approximate surface area is 702 Å². The van der Waals surface area contributed by atoms with Gasteiger partial charge in [-0.2, -0.15) is 35.6 Å². The number of nitrogens with one attached hydrogen (secondary N) is 6. The van der Waals surface area contributed by atoms with Crippen LogP contribution in [0, 0.1) is 100 Å². The molecule has 0 radical (unpaired) electrons. The number of anilines is 2. The number of benzene rings is 4. The van der Waals surface area contributed by atoms with Gasteiger partial charge in [0.1, 0.15) is 54.9 Å². The number of fused-ring (bicyclic) bond motifs is 1. The quantitative estimate of drug-likeness (QED) is 0.0318. The fourth-order valence-corrected chi connectivity index (χ4v) is 7.59. The number of carbonyl (C=O) groups excluding carboxylic acids is 4. The molecule has 0 saturated heterocycles. The van der Waals surface area contributed by atoms with Crippen molar-refractivity contribution in [1.82, 2.24) is 74.8 Å². The predicted octanol–water partition coefficient (Wildman–Crippen LogP) is 11.5. The number of rotatable bonds is 7. The van der Waals surface area contributed by atoms with Gasteiger partial charge in [0.15, 0.2) is 33.0 Å². The van der Waals surface area contributed by atoms with Crippen molar-refractivity contribution in [2.75, 3.05) is 11.2 Å². The Morgan fingerprint density at radius 1 is 0.609 bits per heavy atom. The van der Waals surface area contributed by atoms with Gasteiger partial charge >= 0.3 is 69.3 Å². The molecule has 0 atom stereocenters. The average molecular weight is 1790 g/mol. The number of aryl methyl sites for hydroxylation is 7. The summed E-state index contributed by atoms with van der Waals surface area (Å²) < 4.78 is 20.6. The normalized spacial score (nSPS) is 9.35. The van der Waals surface area contributed by atoms with Gasteiger partial charge in [0.25, 0.3) is 0 Å². The molecule has 0 aliphatic rings. The van der Waals surface area contributed by atoms with Crippen molar-refractivity contribution in [3.8, 4) is 23.3 Å². The van der Waals surface area contributed by atoms with E-state index in [1.165, 1.54) is 6.92 Å². The van der Waals surface area contributed by atoms with E-state index in [0.29, 0.717) is 80.9 Å². The number of nitrogens with zero attached hydrogens (tertiary/aromatic N) is 15. The third-order valence-corrected chi connectivity index (χ3v) is 14.5. The van der Waals surface area contributed by atoms with Crippen LogP contribution in [0.5, 0.6) is 17.2 Å². The van der Waals surface area contributed by atoms with Gasteiger partial charge in [-0.25, -0.2) is 14.4 Å². The number of hydrogen-bond acceptors (Lipinski definition) is 28. The summed E-state index contributed by atoms with van der Waals surface area (Å²) in [6.07, 6.45) is 0.967. The number of aromatic amines is 4. The van der Waals surface area contributed by atoms with E-state index < -0.39 is 48.8 Å². The van der Waals surface area contributed by atoms with Crippen LogP contribution in [0.25, 0.3) is 5.65 Å². The van der Waals surface area contributed by atoms with Crippen molar-refractivity contribution in [1.29, 1.82) is 5.26 Å². The Morgan fingerprint density at radius 3 is 1.37 bits per heavy atom. The number of H-pyrrole nitrogens is 4. The smallest absolute Gasteiger partial charge is 0.415 e. The van der Waals surface area contributed by atoms with E-state index in [0.717, 1.165) is 26.8 Å². The summed E-state index contributed by atoms with van der Waals surface area (Å²) in [5.74, 6) is -0.00207. The van der Waals surface area contributed by atoms with E-state index in [-0.39, 0.29) is 92.5 Å². The zero-order chi connectivity index (χ0) is 81.5. The van der Waals surface area contributed by atoms with Gasteiger partial charge in [0, 0.05) is 53.2 Å². The Balaban J connectivity index is 0.00000122. The summed E-state index contributed by atoms with van der Waals surface area (Å²) in [4.78, 5) is 91.8. The fraction of sp³-hybridized carbons (Fsp3) is 0.121. The van der Waals surface area contributed by atoms with Crippen LogP contribution in [0.15, 0.2) is 143 Å². The van der Waals surface area contributed by atoms with Crippen molar-refractivity contribution in [3.05, 3.63) is 265 Å². The molecule has 0 spiro atoms. The number of ether oxygens (including phenoxy) is 3. The molecule has 8 heterocycles. The van der Waals surface area contributed by atoms with E-state index in [9.17, 15) is 49.5 Å². The molecule has 4 aromatic carbocycles. The van der Waals surface area contributed by atoms with Gasteiger partial charge in [-0.05, 0) is 128 Å². The maximum atomic E-state index is 11.8. The summed E-state index contributed by atoms with van der Waals surface area (Å²) in [5, 5.41) is 93.5. The molecule has 52 heteroatoms. The van der Waals surface area contributed by atoms with Crippen molar-refractivity contribution in [2.45, 2.75) is 48.5 Å². The molecule has 0 bridgehead atoms. The first-order chi connectivity index (χ1) is 51.0. The molecule has 40 nitrogen and oxygen atoms in total. The monoisotopic (exact) mass is 1780 g/mol. The van der Waals surface area contributed by atoms with Crippen molar-refractivity contribution in [3.63, 3.8) is 0 Å². The minimum atomic E-state index is -0.993. The Bertz CT molecular complexity index is 4960. The molecule has 0 aliphatic carbocycles. The third kappa shape index (κ3) is 34.6. The minimum Gasteiger partial charge on any atom is -0.415 e. The van der Waals surface area contributed by atoms with Gasteiger partial charge in [-0.15, -0.1) is 14.3 Å². The van der Waals surface area contributed by atoms with Gasteiger partial charge < -0.3 is 54.8 Å². The zero-order valence-corrected chi connectivity index (χ0v) is 69.9. The molecule has 12 aromatic rings. The minimum absolute atomic E-state index is 0. The fourth-order valence-electron chi connectivity index (χ4n) is 6.55. The summed E-state index contributed by atoms with van der Waals surface area (Å²) >= 11 is 53.1. The summed E-state index contributed by atoms with van der Waals surface area (Å²) in [6, 6.07) is 36.5. The van der Waals surface area contributed by atoms with Gasteiger partial charge in [-0.1, -0.05) is 164 Å². The topological polar surface area (TPSA) is 564 Å². The number of carbonyl (C=O) groups is 4. The molecule has 0 amide bonds. The number of nitrogen functional groups attached to an aromatic ring is 1. The number of halogens is 10. The second-order valence-electron chi connectivity index (χ2n) is 18.9. The summed E-state index contributed by atoms with van der Waals surface area (Å²) in [7, 11) is 0. The number of aromatic nitrogens is 15. The van der Waals surface area contributed by atoms with Crippen LogP contribution in [0.3, 0.4) is 0 Å². The van der Waals surface area contributed by atoms with Crippen LogP contribution < -0.4 is 66.1 Å². The second kappa shape index (κ2) is 52.1. The van der Waals surface area contributed by atoms with Gasteiger partial charge in [0.05, 0.1) is 50.7 Å². The van der Waals surface area contributed by atoms with Crippen molar-refractivity contribution < 1.29 is 112 Å². The van der Waals surface area contributed by atoms with E-state index >= 15 is 0 Å². The first-order valence-corrected chi connectivity index (χ1v) is 32.1. The summed E-state index contributed by atoms with van der Waals surface area (Å²) in [5.41, 5.74) is 11.2. The van der Waals surface area contributed by atoms with Crippen LogP contribution in [0.2, 0.25) is 35.2 Å². The Morgan fingerprint density at radius 2 is 1.06 bits per heavy atom. The van der Waals surface area contributed by atoms with E-state index in [4.69, 9.17) is 133 Å². The molecular weight excluding hydrogens is 1740 g/mol. The number of nitrogens with two attached hydrogens (primary N) is 1. The molecule has 0 fully saturated rings. The van der Waals surface area contributed by atoms with Crippen molar-refractivity contribution in [2.24, 2.45) is 0 Å². The second-order valence-corrected chi connectivity index (χ2v) is 22.8. The first-order valence-electron chi connectivity index (χ1n) is 28.3. The molecule has 0 saturated carbocycles. The maximum Gasteiger partial charge on any atom is 1.00 e. The molecule has 9 N–H and O–H groups in total. The average Bonchev–Trinajstić information content (AvgIpc) is 1.66. The molecule has 0 unspecified atom stereocenters. The maximum absolute atomic E-state index is 11.8. The molecule has 8 aromatic heterocycles. The standard InChI is InChI=1S/C11H8ClN3O4.C11H10ClN3O3.C7H5ClO2.C7H5N.C5H4ClN3O2.2C4H4ClN3O2.C4H6ClN3.C4H5ClN2.CCl2O.HNO2.Na.Zn/c1-7-9(12)10(15(17)18)14(13-7)11(16)19-8-5-3-2-4-6-8;1-7-9(12)10(14-17)15(13-7)11(16)18-8-5-3-2-4-6-8;8-7(9)10-6-4-2-1-3-5-6;8-6-7-4-2-1-3-5-7;1-2-3(6)4-8-11-5(10)9(4)7-2;1-3-4(5)2-7(6-3)8(9)10;1-2-3(5)4(7-6-2)8(9)10;1-2-3(5)4(6)8-7-2;1-3-4(5)2-6-7-3;2-1(3)4;2-1-3;;/h2-6H,1H3;2-6,14,17H,1H3;1-5H;1-5H;8H,1H3;2H,1H3;1H3,(H,6,7);1H3,(H3,6,7,8);2H,1H3,(H,6,7);;1H;;/q;;;;;;;;;;;+1;. The number of nitro groups is 3. The Hall–Kier alpha value is -10.1. The van der Waals surface area contributed by atoms with E-state index in [2.05, 4.69) is 88.6 Å². The van der Waals surface area contributed by atoms with Crippen LogP contribution in [0.4, 0.5) is 42.4 Å². The first kappa shape index (κ1) is 99.9. The van der Waals surface area contributed by atoms with Crippen LogP contribution in [-0.4, -0.2) is 117 Å². The van der Waals surface area contributed by atoms with E-state index in [1.54, 1.807) is 131 Å². The summed E-state index contributed by atoms with van der Waals surface area (Å²) in [6.45, 7) is 11.6. The van der Waals surface area contributed by atoms with Gasteiger partial charge in [-0.3, -0.25) is 35.8 Å². The SMILES string of the molecule is Cc1[nH]nc(N)c1Cl.Cc1[nH]ncc1Cl.Cc1n[nH]c([N+](=O)[O-])c1Cl.Cc1nn(C(=O)Oc2ccccc2)c(NO)c1Cl.Cc1nn(C(=O)Oc2ccccc2)c([N+](=O)[O-])c1Cl.Cc1nn([N+](=O)[O-])cc1Cl.Cc1nn2c(=O)o[nH]c2c1Cl.N#Cc1ccccc1.O=C(Cl)Cl.O=C(Cl)Oc1ccccc1.O=[NH+][O-].[Na+].[Zn]. The molecular formula is C58H52Cl10N22NaO18Zn+. The van der Waals surface area contributed by atoms with Crippen molar-refractivity contribution >= 4 is 167 Å². The van der Waals surface area contributed by atoms with Gasteiger partial charge in [0.2, 0.25) is 0 Å².